The van der Waals surface area contributed by atoms with Gasteiger partial charge in [-0.1, -0.05) is 11.6 Å². The molecular weight excluding hydrogens is 319 g/mol. The topological polar surface area (TPSA) is 9.23 Å². The Hall–Kier alpha value is -0.170. The number of ether oxygens (including phenoxy) is 1. The maximum absolute atomic E-state index is 11.8. The van der Waals surface area contributed by atoms with Crippen LogP contribution in [-0.4, -0.2) is 6.36 Å². The van der Waals surface area contributed by atoms with E-state index in [1.807, 2.05) is 0 Å². The molecule has 0 fully saturated rings. The van der Waals surface area contributed by atoms with Gasteiger partial charge in [-0.3, -0.25) is 0 Å². The van der Waals surface area contributed by atoms with Crippen molar-refractivity contribution in [3.63, 3.8) is 0 Å². The van der Waals surface area contributed by atoms with Crippen LogP contribution in [0.1, 0.15) is 0 Å². The van der Waals surface area contributed by atoms with Crippen molar-refractivity contribution >= 4 is 34.2 Å². The highest BCUT2D eigenvalue weighted by atomic mass is 127. The second-order valence-corrected chi connectivity index (χ2v) is 3.72. The van der Waals surface area contributed by atoms with Gasteiger partial charge in [-0.25, -0.2) is 0 Å². The third-order valence-electron chi connectivity index (χ3n) is 1.12. The molecule has 0 bridgehead atoms. The summed E-state index contributed by atoms with van der Waals surface area (Å²) in [4.78, 5) is 0. The lowest BCUT2D eigenvalue weighted by Crippen LogP contribution is -2.17. The monoisotopic (exact) mass is 322 g/mol. The summed E-state index contributed by atoms with van der Waals surface area (Å²) in [6.45, 7) is 0. The van der Waals surface area contributed by atoms with Crippen LogP contribution in [0.3, 0.4) is 0 Å². The van der Waals surface area contributed by atoms with Crippen LogP contribution in [0, 0.1) is 3.57 Å². The number of rotatable bonds is 1. The smallest absolute Gasteiger partial charge is 0.405 e. The summed E-state index contributed by atoms with van der Waals surface area (Å²) in [6.07, 6.45) is -4.68. The SMILES string of the molecule is FC(F)(F)Oc1cc(Cl)ccc1I. The molecule has 0 aliphatic rings. The molecule has 72 valence electrons. The van der Waals surface area contributed by atoms with E-state index in [1.54, 1.807) is 22.6 Å². The Labute approximate surface area is 91.0 Å². The third-order valence-corrected chi connectivity index (χ3v) is 2.25. The number of alkyl halides is 3. The van der Waals surface area contributed by atoms with Gasteiger partial charge in [0, 0.05) is 11.1 Å². The van der Waals surface area contributed by atoms with Gasteiger partial charge in [-0.05, 0) is 34.7 Å². The predicted molar refractivity (Wildman–Crippen MR) is 50.9 cm³/mol. The van der Waals surface area contributed by atoms with E-state index in [4.69, 9.17) is 11.6 Å². The molecule has 0 unspecified atom stereocenters. The van der Waals surface area contributed by atoms with E-state index >= 15 is 0 Å². The van der Waals surface area contributed by atoms with Crippen molar-refractivity contribution in [2.45, 2.75) is 6.36 Å². The van der Waals surface area contributed by atoms with E-state index in [9.17, 15) is 13.2 Å². The van der Waals surface area contributed by atoms with E-state index in [0.717, 1.165) is 6.07 Å². The van der Waals surface area contributed by atoms with Crippen molar-refractivity contribution in [1.29, 1.82) is 0 Å². The maximum atomic E-state index is 11.8. The molecule has 1 aromatic carbocycles. The number of hydrogen-bond acceptors (Lipinski definition) is 1. The Morgan fingerprint density at radius 3 is 2.46 bits per heavy atom. The largest absolute Gasteiger partial charge is 0.573 e. The Morgan fingerprint density at radius 2 is 1.92 bits per heavy atom. The molecule has 13 heavy (non-hydrogen) atoms. The van der Waals surface area contributed by atoms with Crippen LogP contribution in [-0.2, 0) is 0 Å². The lowest BCUT2D eigenvalue weighted by molar-refractivity contribution is -0.274. The van der Waals surface area contributed by atoms with Crippen LogP contribution >= 0.6 is 34.2 Å². The van der Waals surface area contributed by atoms with Crippen LogP contribution in [0.4, 0.5) is 13.2 Å². The molecule has 0 heterocycles. The van der Waals surface area contributed by atoms with E-state index in [2.05, 4.69) is 4.74 Å². The molecular formula is C7H3ClF3IO. The third kappa shape index (κ3) is 3.60. The quantitative estimate of drug-likeness (QED) is 0.714. The Morgan fingerprint density at radius 1 is 1.31 bits per heavy atom. The first-order chi connectivity index (χ1) is 5.88. The standard InChI is InChI=1S/C7H3ClF3IO/c8-4-1-2-5(12)6(3-4)13-7(9,10)11/h1-3H. The molecule has 0 radical (unpaired) electrons. The fraction of sp³-hybridized carbons (Fsp3) is 0.143. The van der Waals surface area contributed by atoms with Crippen LogP contribution in [0.5, 0.6) is 5.75 Å². The van der Waals surface area contributed by atoms with Crippen LogP contribution in [0.25, 0.3) is 0 Å². The van der Waals surface area contributed by atoms with Gasteiger partial charge in [-0.15, -0.1) is 13.2 Å². The normalized spacial score (nSPS) is 11.5. The minimum absolute atomic E-state index is 0.208. The fourth-order valence-corrected chi connectivity index (χ4v) is 1.29. The molecule has 0 saturated heterocycles. The Kier molecular flexibility index (Phi) is 3.28. The van der Waals surface area contributed by atoms with Gasteiger partial charge in [0.25, 0.3) is 0 Å². The van der Waals surface area contributed by atoms with Crippen LogP contribution < -0.4 is 4.74 Å². The second kappa shape index (κ2) is 3.91. The lowest BCUT2D eigenvalue weighted by Gasteiger charge is -2.10. The zero-order valence-electron chi connectivity index (χ0n) is 6.03. The van der Waals surface area contributed by atoms with Crippen LogP contribution in [0.15, 0.2) is 18.2 Å². The molecule has 0 saturated carbocycles. The predicted octanol–water partition coefficient (Wildman–Crippen LogP) is 3.84. The second-order valence-electron chi connectivity index (χ2n) is 2.12. The van der Waals surface area contributed by atoms with Crippen molar-refractivity contribution in [2.24, 2.45) is 0 Å². The zero-order valence-corrected chi connectivity index (χ0v) is 8.94. The number of halogens is 5. The molecule has 0 aromatic heterocycles. The van der Waals surface area contributed by atoms with E-state index < -0.39 is 6.36 Å². The first-order valence-corrected chi connectivity index (χ1v) is 4.55. The Balaban J connectivity index is 2.94. The van der Waals surface area contributed by atoms with Crippen molar-refractivity contribution in [3.8, 4) is 5.75 Å². The first kappa shape index (κ1) is 10.9. The molecule has 1 rings (SSSR count). The number of hydrogen-bond donors (Lipinski definition) is 0. The van der Waals surface area contributed by atoms with E-state index in [-0.39, 0.29) is 10.8 Å². The molecule has 0 atom stereocenters. The van der Waals surface area contributed by atoms with Crippen molar-refractivity contribution in [1.82, 2.24) is 0 Å². The van der Waals surface area contributed by atoms with Gasteiger partial charge in [-0.2, -0.15) is 0 Å². The summed E-state index contributed by atoms with van der Waals surface area (Å²) in [5.41, 5.74) is 0. The van der Waals surface area contributed by atoms with Gasteiger partial charge in [0.2, 0.25) is 0 Å². The van der Waals surface area contributed by atoms with Crippen molar-refractivity contribution < 1.29 is 17.9 Å². The highest BCUT2D eigenvalue weighted by Gasteiger charge is 2.31. The van der Waals surface area contributed by atoms with Crippen molar-refractivity contribution in [3.05, 3.63) is 26.8 Å². The summed E-state index contributed by atoms with van der Waals surface area (Å²) in [7, 11) is 0. The lowest BCUT2D eigenvalue weighted by atomic mass is 10.3. The highest BCUT2D eigenvalue weighted by molar-refractivity contribution is 14.1. The van der Waals surface area contributed by atoms with Gasteiger partial charge >= 0.3 is 6.36 Å². The van der Waals surface area contributed by atoms with Gasteiger partial charge in [0.05, 0.1) is 3.57 Å². The van der Waals surface area contributed by atoms with E-state index in [0.29, 0.717) is 3.57 Å². The minimum atomic E-state index is -4.68. The molecule has 1 aromatic rings. The zero-order chi connectivity index (χ0) is 10.1. The number of benzene rings is 1. The van der Waals surface area contributed by atoms with Crippen molar-refractivity contribution in [2.75, 3.05) is 0 Å². The summed E-state index contributed by atoms with van der Waals surface area (Å²) in [5, 5.41) is 0.208. The van der Waals surface area contributed by atoms with Crippen LogP contribution in [0.2, 0.25) is 5.02 Å². The summed E-state index contributed by atoms with van der Waals surface area (Å²) in [5.74, 6) is -0.277. The van der Waals surface area contributed by atoms with Gasteiger partial charge in [0.15, 0.2) is 0 Å². The molecule has 0 aliphatic carbocycles. The molecule has 0 amide bonds. The summed E-state index contributed by atoms with van der Waals surface area (Å²) in [6, 6.07) is 4.06. The fourth-order valence-electron chi connectivity index (χ4n) is 0.680. The summed E-state index contributed by atoms with van der Waals surface area (Å²) < 4.78 is 39.4. The molecule has 1 nitrogen and oxygen atoms in total. The molecule has 0 aliphatic heterocycles. The van der Waals surface area contributed by atoms with Gasteiger partial charge in [0.1, 0.15) is 5.75 Å². The average Bonchev–Trinajstić information content (AvgIpc) is 1.94. The highest BCUT2D eigenvalue weighted by Crippen LogP contribution is 2.29. The van der Waals surface area contributed by atoms with Gasteiger partial charge < -0.3 is 4.74 Å². The molecule has 0 N–H and O–H groups in total. The minimum Gasteiger partial charge on any atom is -0.405 e. The maximum Gasteiger partial charge on any atom is 0.573 e. The molecule has 0 spiro atoms. The van der Waals surface area contributed by atoms with E-state index in [1.165, 1.54) is 12.1 Å². The summed E-state index contributed by atoms with van der Waals surface area (Å²) >= 11 is 7.23. The Bertz CT molecular complexity index is 313. The first-order valence-electron chi connectivity index (χ1n) is 3.09. The molecule has 6 heteroatoms. The average molecular weight is 322 g/mol.